The Kier molecular flexibility index (Phi) is 4.03. The zero-order valence-corrected chi connectivity index (χ0v) is 7.94. The van der Waals surface area contributed by atoms with Crippen molar-refractivity contribution in [2.24, 2.45) is 0 Å². The van der Waals surface area contributed by atoms with Crippen molar-refractivity contribution in [1.29, 1.82) is 0 Å². The van der Waals surface area contributed by atoms with Crippen molar-refractivity contribution >= 4 is 7.41 Å². The summed E-state index contributed by atoms with van der Waals surface area (Å²) >= 11 is 0. The number of rotatable bonds is 3. The van der Waals surface area contributed by atoms with Crippen LogP contribution in [0.2, 0.25) is 5.31 Å². The summed E-state index contributed by atoms with van der Waals surface area (Å²) in [6.07, 6.45) is 0. The summed E-state index contributed by atoms with van der Waals surface area (Å²) in [6, 6.07) is 0. The molecule has 0 aliphatic rings. The Balaban J connectivity index is 3.63. The summed E-state index contributed by atoms with van der Waals surface area (Å²) in [6.45, 7) is 13.3. The Morgan fingerprint density at radius 3 is 1.60 bits per heavy atom. The van der Waals surface area contributed by atoms with Crippen molar-refractivity contribution in [1.82, 2.24) is 4.81 Å². The number of nitrogens with zero attached hydrogens (tertiary/aromatic N) is 1. The molecule has 0 saturated carbocycles. The minimum absolute atomic E-state index is 0.325. The van der Waals surface area contributed by atoms with Crippen molar-refractivity contribution < 1.29 is 0 Å². The van der Waals surface area contributed by atoms with Crippen LogP contribution in [0.15, 0.2) is 0 Å². The smallest absolute Gasteiger partial charge is 0.214 e. The van der Waals surface area contributed by atoms with Crippen LogP contribution in [0, 0.1) is 0 Å². The molecule has 0 amide bonds. The molecule has 10 heavy (non-hydrogen) atoms. The number of hydrogen-bond acceptors (Lipinski definition) is 1. The molecule has 0 fully saturated rings. The highest BCUT2D eigenvalue weighted by molar-refractivity contribution is 6.36. The van der Waals surface area contributed by atoms with Crippen molar-refractivity contribution in [3.05, 3.63) is 0 Å². The van der Waals surface area contributed by atoms with E-state index in [0.717, 1.165) is 13.1 Å². The fraction of sp³-hybridized carbons (Fsp3) is 1.00. The topological polar surface area (TPSA) is 3.24 Å². The van der Waals surface area contributed by atoms with Gasteiger partial charge in [-0.1, -0.05) is 34.6 Å². The van der Waals surface area contributed by atoms with Gasteiger partial charge in [0.05, 0.1) is 0 Å². The van der Waals surface area contributed by atoms with E-state index in [0.29, 0.717) is 5.31 Å². The third-order valence-corrected chi connectivity index (χ3v) is 1.38. The molecule has 2 heteroatoms. The molecule has 0 saturated heterocycles. The van der Waals surface area contributed by atoms with Crippen LogP contribution in [0.25, 0.3) is 0 Å². The molecule has 0 spiro atoms. The molecule has 0 aliphatic heterocycles. The normalized spacial score (nSPS) is 12.2. The second-order valence-electron chi connectivity index (χ2n) is 3.72. The predicted octanol–water partition coefficient (Wildman–Crippen LogP) is 2.17. The van der Waals surface area contributed by atoms with Crippen molar-refractivity contribution in [3.63, 3.8) is 0 Å². The van der Waals surface area contributed by atoms with Crippen LogP contribution < -0.4 is 0 Å². The van der Waals surface area contributed by atoms with Gasteiger partial charge in [0.1, 0.15) is 0 Å². The zero-order valence-electron chi connectivity index (χ0n) is 7.94. The Morgan fingerprint density at radius 2 is 1.50 bits per heavy atom. The highest BCUT2D eigenvalue weighted by Crippen LogP contribution is 2.20. The third-order valence-electron chi connectivity index (χ3n) is 1.38. The average Bonchev–Trinajstić information content (AvgIpc) is 1.81. The van der Waals surface area contributed by atoms with Gasteiger partial charge in [0.15, 0.2) is 0 Å². The van der Waals surface area contributed by atoms with Gasteiger partial charge in [-0.15, -0.1) is 0 Å². The van der Waals surface area contributed by atoms with E-state index in [1.165, 1.54) is 0 Å². The van der Waals surface area contributed by atoms with E-state index in [1.54, 1.807) is 0 Å². The molecular weight excluding hydrogens is 121 g/mol. The van der Waals surface area contributed by atoms with Gasteiger partial charge in [-0.25, -0.2) is 0 Å². The van der Waals surface area contributed by atoms with E-state index in [4.69, 9.17) is 0 Å². The van der Waals surface area contributed by atoms with Crippen LogP contribution in [0.1, 0.15) is 34.6 Å². The van der Waals surface area contributed by atoms with Gasteiger partial charge in [-0.2, -0.15) is 0 Å². The van der Waals surface area contributed by atoms with Crippen molar-refractivity contribution in [2.45, 2.75) is 39.9 Å². The fourth-order valence-corrected chi connectivity index (χ4v) is 0.954. The quantitative estimate of drug-likeness (QED) is 0.543. The fourth-order valence-electron chi connectivity index (χ4n) is 0.954. The first-order valence-electron chi connectivity index (χ1n) is 4.09. The summed E-state index contributed by atoms with van der Waals surface area (Å²) in [4.78, 5) is 2.33. The lowest BCUT2D eigenvalue weighted by Gasteiger charge is -2.25. The Bertz CT molecular complexity index is 81.7. The molecule has 0 heterocycles. The van der Waals surface area contributed by atoms with E-state index < -0.39 is 0 Å². The van der Waals surface area contributed by atoms with Crippen LogP contribution in [-0.2, 0) is 0 Å². The van der Waals surface area contributed by atoms with Crippen LogP contribution in [0.3, 0.4) is 0 Å². The van der Waals surface area contributed by atoms with Crippen LogP contribution in [0.5, 0.6) is 0 Å². The molecule has 0 aromatic heterocycles. The third kappa shape index (κ3) is 4.86. The summed E-state index contributed by atoms with van der Waals surface area (Å²) < 4.78 is 0. The van der Waals surface area contributed by atoms with Gasteiger partial charge in [0, 0.05) is 0 Å². The number of hydrogen-bond donors (Lipinski definition) is 0. The first kappa shape index (κ1) is 10.0. The molecule has 0 N–H and O–H groups in total. The van der Waals surface area contributed by atoms with E-state index in [-0.39, 0.29) is 0 Å². The maximum atomic E-state index is 2.33. The van der Waals surface area contributed by atoms with Gasteiger partial charge < -0.3 is 4.81 Å². The second kappa shape index (κ2) is 4.02. The predicted molar refractivity (Wildman–Crippen MR) is 48.4 cm³/mol. The Morgan fingerprint density at radius 1 is 1.10 bits per heavy atom. The lowest BCUT2D eigenvalue weighted by molar-refractivity contribution is 0.470. The molecule has 0 aromatic rings. The lowest BCUT2D eigenvalue weighted by atomic mass is 9.63. The minimum atomic E-state index is 0.325. The first-order valence-corrected chi connectivity index (χ1v) is 4.09. The molecule has 0 bridgehead atoms. The van der Waals surface area contributed by atoms with E-state index in [2.05, 4.69) is 46.8 Å². The highest BCUT2D eigenvalue weighted by Gasteiger charge is 2.15. The van der Waals surface area contributed by atoms with Gasteiger partial charge in [0.25, 0.3) is 0 Å². The summed E-state index contributed by atoms with van der Waals surface area (Å²) in [5.41, 5.74) is 0. The lowest BCUT2D eigenvalue weighted by Crippen LogP contribution is -2.32. The van der Waals surface area contributed by atoms with E-state index >= 15 is 0 Å². The molecular formula is C8H19BN. The first-order chi connectivity index (χ1) is 4.49. The maximum absolute atomic E-state index is 2.33. The Hall–Kier alpha value is 0.0249. The minimum Gasteiger partial charge on any atom is -0.347 e. The zero-order chi connectivity index (χ0) is 8.20. The molecule has 1 radical (unpaired) electrons. The van der Waals surface area contributed by atoms with E-state index in [9.17, 15) is 0 Å². The second-order valence-corrected chi connectivity index (χ2v) is 3.72. The van der Waals surface area contributed by atoms with E-state index in [1.807, 2.05) is 0 Å². The maximum Gasteiger partial charge on any atom is 0.214 e. The largest absolute Gasteiger partial charge is 0.347 e. The molecule has 1 nitrogen and oxygen atoms in total. The van der Waals surface area contributed by atoms with Gasteiger partial charge in [0.2, 0.25) is 7.41 Å². The van der Waals surface area contributed by atoms with Crippen molar-refractivity contribution in [2.75, 3.05) is 13.1 Å². The Labute approximate surface area is 66.1 Å². The highest BCUT2D eigenvalue weighted by atomic mass is 15.0. The SMILES string of the molecule is CCN([B]C(C)(C)C)CC. The molecule has 0 atom stereocenters. The summed E-state index contributed by atoms with van der Waals surface area (Å²) in [5, 5.41) is 0.325. The van der Waals surface area contributed by atoms with Crippen LogP contribution >= 0.6 is 0 Å². The van der Waals surface area contributed by atoms with Gasteiger partial charge >= 0.3 is 0 Å². The van der Waals surface area contributed by atoms with Gasteiger partial charge in [-0.05, 0) is 18.4 Å². The molecule has 0 unspecified atom stereocenters. The van der Waals surface area contributed by atoms with Crippen molar-refractivity contribution in [3.8, 4) is 0 Å². The summed E-state index contributed by atoms with van der Waals surface area (Å²) in [7, 11) is 2.30. The standard InChI is InChI=1S/C8H19BN/c1-6-10(7-2)9-8(3,4)5/h6-7H2,1-5H3. The average molecular weight is 140 g/mol. The monoisotopic (exact) mass is 140 g/mol. The molecule has 0 aliphatic carbocycles. The molecule has 0 rings (SSSR count). The molecule has 59 valence electrons. The summed E-state index contributed by atoms with van der Waals surface area (Å²) in [5.74, 6) is 0. The van der Waals surface area contributed by atoms with Gasteiger partial charge in [-0.3, -0.25) is 0 Å². The van der Waals surface area contributed by atoms with Crippen LogP contribution in [0.4, 0.5) is 0 Å². The van der Waals surface area contributed by atoms with Crippen LogP contribution in [-0.4, -0.2) is 25.3 Å². The molecule has 0 aromatic carbocycles.